The van der Waals surface area contributed by atoms with E-state index in [4.69, 9.17) is 0 Å². The van der Waals surface area contributed by atoms with Crippen molar-refractivity contribution in [3.63, 3.8) is 0 Å². The third-order valence-electron chi connectivity index (χ3n) is 3.06. The van der Waals surface area contributed by atoms with Crippen LogP contribution >= 0.6 is 0 Å². The SMILES string of the molecule is CC=C1C=C(C2=CC(=CC)CC=C2)C=CC1. The van der Waals surface area contributed by atoms with Crippen molar-refractivity contribution < 1.29 is 0 Å². The van der Waals surface area contributed by atoms with Crippen LogP contribution in [0.15, 0.2) is 70.9 Å². The van der Waals surface area contributed by atoms with E-state index in [1.54, 1.807) is 0 Å². The molecular weight excluding hydrogens is 192 g/mol. The summed E-state index contributed by atoms with van der Waals surface area (Å²) < 4.78 is 0. The summed E-state index contributed by atoms with van der Waals surface area (Å²) in [4.78, 5) is 0. The van der Waals surface area contributed by atoms with Crippen LogP contribution < -0.4 is 0 Å². The standard InChI is InChI=1S/C16H18/c1-3-13-7-5-9-15(11-13)16-10-6-8-14(4-2)12-16/h3-6,9-12H,7-8H2,1-2H3. The summed E-state index contributed by atoms with van der Waals surface area (Å²) in [5.41, 5.74) is 5.46. The van der Waals surface area contributed by atoms with E-state index in [-0.39, 0.29) is 0 Å². The molecule has 2 rings (SSSR count). The summed E-state index contributed by atoms with van der Waals surface area (Å²) in [6.45, 7) is 4.20. The molecule has 0 bridgehead atoms. The van der Waals surface area contributed by atoms with Crippen LogP contribution in [0.3, 0.4) is 0 Å². The van der Waals surface area contributed by atoms with Gasteiger partial charge in [-0.1, -0.05) is 48.6 Å². The Hall–Kier alpha value is -1.56. The van der Waals surface area contributed by atoms with Gasteiger partial charge in [0, 0.05) is 0 Å². The quantitative estimate of drug-likeness (QED) is 0.591. The molecule has 0 heteroatoms. The molecule has 0 aliphatic heterocycles. The van der Waals surface area contributed by atoms with E-state index in [0.29, 0.717) is 0 Å². The Morgan fingerprint density at radius 1 is 0.812 bits per heavy atom. The molecule has 0 heterocycles. The summed E-state index contributed by atoms with van der Waals surface area (Å²) in [5, 5.41) is 0. The van der Waals surface area contributed by atoms with Gasteiger partial charge in [0.05, 0.1) is 0 Å². The molecule has 0 radical (unpaired) electrons. The van der Waals surface area contributed by atoms with Crippen LogP contribution in [-0.2, 0) is 0 Å². The van der Waals surface area contributed by atoms with Gasteiger partial charge >= 0.3 is 0 Å². The molecule has 82 valence electrons. The van der Waals surface area contributed by atoms with Crippen LogP contribution in [0.25, 0.3) is 0 Å². The second-order valence-corrected chi connectivity index (χ2v) is 4.14. The van der Waals surface area contributed by atoms with Crippen molar-refractivity contribution in [2.75, 3.05) is 0 Å². The molecule has 0 aromatic carbocycles. The van der Waals surface area contributed by atoms with Crippen LogP contribution in [0.5, 0.6) is 0 Å². The van der Waals surface area contributed by atoms with Crippen LogP contribution in [0.4, 0.5) is 0 Å². The smallest absolute Gasteiger partial charge is 0.00972 e. The minimum Gasteiger partial charge on any atom is -0.0841 e. The fourth-order valence-electron chi connectivity index (χ4n) is 2.02. The summed E-state index contributed by atoms with van der Waals surface area (Å²) >= 11 is 0. The second kappa shape index (κ2) is 4.98. The fraction of sp³-hybridized carbons (Fsp3) is 0.250. The highest BCUT2D eigenvalue weighted by Gasteiger charge is 2.07. The first-order chi connectivity index (χ1) is 7.83. The first kappa shape index (κ1) is 10.9. The Balaban J connectivity index is 2.32. The Labute approximate surface area is 98.1 Å². The molecule has 0 fully saturated rings. The van der Waals surface area contributed by atoms with Crippen molar-refractivity contribution in [2.24, 2.45) is 0 Å². The van der Waals surface area contributed by atoms with E-state index in [9.17, 15) is 0 Å². The van der Waals surface area contributed by atoms with Crippen molar-refractivity contribution in [3.05, 3.63) is 70.9 Å². The minimum atomic E-state index is 1.06. The maximum atomic E-state index is 2.29. The highest BCUT2D eigenvalue weighted by molar-refractivity contribution is 5.56. The molecule has 2 aliphatic rings. The van der Waals surface area contributed by atoms with E-state index in [2.05, 4.69) is 62.5 Å². The first-order valence-corrected chi connectivity index (χ1v) is 5.90. The van der Waals surface area contributed by atoms with Gasteiger partial charge in [0.2, 0.25) is 0 Å². The van der Waals surface area contributed by atoms with Gasteiger partial charge in [0.15, 0.2) is 0 Å². The monoisotopic (exact) mass is 210 g/mol. The third kappa shape index (κ3) is 2.33. The minimum absolute atomic E-state index is 1.06. The average molecular weight is 210 g/mol. The number of hydrogen-bond donors (Lipinski definition) is 0. The summed E-state index contributed by atoms with van der Waals surface area (Å²) in [7, 11) is 0. The zero-order chi connectivity index (χ0) is 11.4. The van der Waals surface area contributed by atoms with Gasteiger partial charge < -0.3 is 0 Å². The lowest BCUT2D eigenvalue weighted by atomic mass is 9.91. The topological polar surface area (TPSA) is 0 Å². The molecule has 0 spiro atoms. The predicted molar refractivity (Wildman–Crippen MR) is 71.2 cm³/mol. The van der Waals surface area contributed by atoms with Gasteiger partial charge in [-0.25, -0.2) is 0 Å². The number of allylic oxidation sites excluding steroid dienone is 12. The lowest BCUT2D eigenvalue weighted by Crippen LogP contribution is -1.94. The molecule has 0 saturated carbocycles. The second-order valence-electron chi connectivity index (χ2n) is 4.14. The zero-order valence-electron chi connectivity index (χ0n) is 10.0. The fourth-order valence-corrected chi connectivity index (χ4v) is 2.02. The van der Waals surface area contributed by atoms with E-state index in [0.717, 1.165) is 12.8 Å². The summed E-state index contributed by atoms with van der Waals surface area (Å²) in [5.74, 6) is 0. The average Bonchev–Trinajstić information content (AvgIpc) is 2.39. The first-order valence-electron chi connectivity index (χ1n) is 5.90. The summed E-state index contributed by atoms with van der Waals surface area (Å²) in [6.07, 6.45) is 20.0. The van der Waals surface area contributed by atoms with Crippen molar-refractivity contribution in [1.29, 1.82) is 0 Å². The van der Waals surface area contributed by atoms with Gasteiger partial charge in [-0.15, -0.1) is 0 Å². The molecule has 0 amide bonds. The van der Waals surface area contributed by atoms with E-state index >= 15 is 0 Å². The van der Waals surface area contributed by atoms with E-state index < -0.39 is 0 Å². The lowest BCUT2D eigenvalue weighted by molar-refractivity contribution is 1.19. The molecule has 0 unspecified atom stereocenters. The van der Waals surface area contributed by atoms with Crippen molar-refractivity contribution in [1.82, 2.24) is 0 Å². The maximum absolute atomic E-state index is 2.29. The Morgan fingerprint density at radius 3 is 1.62 bits per heavy atom. The lowest BCUT2D eigenvalue weighted by Gasteiger charge is -2.14. The van der Waals surface area contributed by atoms with Gasteiger partial charge in [-0.2, -0.15) is 0 Å². The molecule has 0 aromatic rings. The van der Waals surface area contributed by atoms with E-state index in [1.165, 1.54) is 22.3 Å². The number of hydrogen-bond acceptors (Lipinski definition) is 0. The van der Waals surface area contributed by atoms with Crippen LogP contribution in [0, 0.1) is 0 Å². The highest BCUT2D eigenvalue weighted by Crippen LogP contribution is 2.26. The largest absolute Gasteiger partial charge is 0.0841 e. The van der Waals surface area contributed by atoms with E-state index in [1.807, 2.05) is 0 Å². The predicted octanol–water partition coefficient (Wildman–Crippen LogP) is 4.65. The maximum Gasteiger partial charge on any atom is -0.00972 e. The summed E-state index contributed by atoms with van der Waals surface area (Å²) in [6, 6.07) is 0. The molecule has 2 aliphatic carbocycles. The van der Waals surface area contributed by atoms with Gasteiger partial charge in [0.1, 0.15) is 0 Å². The normalized spacial score (nSPS) is 24.9. The van der Waals surface area contributed by atoms with Gasteiger partial charge in [-0.3, -0.25) is 0 Å². The molecular formula is C16H18. The zero-order valence-corrected chi connectivity index (χ0v) is 10.0. The molecule has 16 heavy (non-hydrogen) atoms. The third-order valence-corrected chi connectivity index (χ3v) is 3.06. The van der Waals surface area contributed by atoms with Gasteiger partial charge in [-0.05, 0) is 49.0 Å². The molecule has 0 aromatic heterocycles. The molecule has 0 atom stereocenters. The van der Waals surface area contributed by atoms with Crippen LogP contribution in [0.2, 0.25) is 0 Å². The van der Waals surface area contributed by atoms with Crippen LogP contribution in [0.1, 0.15) is 26.7 Å². The highest BCUT2D eigenvalue weighted by atomic mass is 14.1. The van der Waals surface area contributed by atoms with Crippen molar-refractivity contribution >= 4 is 0 Å². The Kier molecular flexibility index (Phi) is 3.40. The number of rotatable bonds is 1. The van der Waals surface area contributed by atoms with Crippen LogP contribution in [-0.4, -0.2) is 0 Å². The van der Waals surface area contributed by atoms with Crippen molar-refractivity contribution in [2.45, 2.75) is 26.7 Å². The molecule has 0 saturated heterocycles. The Morgan fingerprint density at radius 2 is 1.25 bits per heavy atom. The molecule has 0 N–H and O–H groups in total. The van der Waals surface area contributed by atoms with Gasteiger partial charge in [0.25, 0.3) is 0 Å². The Bertz CT molecular complexity index is 404. The molecule has 0 nitrogen and oxygen atoms in total. The van der Waals surface area contributed by atoms with Crippen molar-refractivity contribution in [3.8, 4) is 0 Å².